The summed E-state index contributed by atoms with van der Waals surface area (Å²) in [4.78, 5) is 0. The molecule has 1 aromatic carbocycles. The van der Waals surface area contributed by atoms with E-state index in [0.29, 0.717) is 23.9 Å². The van der Waals surface area contributed by atoms with Crippen molar-refractivity contribution in [3.05, 3.63) is 22.7 Å². The normalized spacial score (nSPS) is 10.8. The monoisotopic (exact) mass is 321 g/mol. The van der Waals surface area contributed by atoms with Gasteiger partial charge >= 0.3 is 6.36 Å². The third-order valence-corrected chi connectivity index (χ3v) is 2.48. The van der Waals surface area contributed by atoms with Crippen LogP contribution in [0.3, 0.4) is 0 Å². The SMILES string of the molecule is C#CCCCNc1ccc(Br)cc1OC(F)(F)F. The van der Waals surface area contributed by atoms with E-state index in [-0.39, 0.29) is 11.4 Å². The number of anilines is 1. The van der Waals surface area contributed by atoms with Crippen molar-refractivity contribution >= 4 is 21.6 Å². The first-order valence-corrected chi connectivity index (χ1v) is 5.94. The Kier molecular flexibility index (Phi) is 5.35. The van der Waals surface area contributed by atoms with Crippen LogP contribution in [0, 0.1) is 12.3 Å². The highest BCUT2D eigenvalue weighted by Crippen LogP contribution is 2.32. The molecule has 1 N–H and O–H groups in total. The summed E-state index contributed by atoms with van der Waals surface area (Å²) in [5.74, 6) is 2.19. The maximum absolute atomic E-state index is 12.2. The van der Waals surface area contributed by atoms with Gasteiger partial charge in [-0.05, 0) is 24.6 Å². The Bertz CT molecular complexity index is 440. The molecule has 0 bridgehead atoms. The molecule has 0 radical (unpaired) electrons. The Morgan fingerprint density at radius 2 is 2.11 bits per heavy atom. The molecule has 0 aliphatic heterocycles. The lowest BCUT2D eigenvalue weighted by atomic mass is 10.2. The molecule has 1 rings (SSSR count). The van der Waals surface area contributed by atoms with Crippen LogP contribution in [0.4, 0.5) is 18.9 Å². The van der Waals surface area contributed by atoms with Crippen molar-refractivity contribution in [2.45, 2.75) is 19.2 Å². The summed E-state index contributed by atoms with van der Waals surface area (Å²) in [7, 11) is 0. The minimum absolute atomic E-state index is 0.266. The molecule has 0 spiro atoms. The van der Waals surface area contributed by atoms with Crippen LogP contribution in [-0.4, -0.2) is 12.9 Å². The highest BCUT2D eigenvalue weighted by Gasteiger charge is 2.32. The molecule has 1 aromatic rings. The van der Waals surface area contributed by atoms with Crippen molar-refractivity contribution in [3.63, 3.8) is 0 Å². The van der Waals surface area contributed by atoms with Gasteiger partial charge in [-0.15, -0.1) is 25.5 Å². The van der Waals surface area contributed by atoms with Gasteiger partial charge in [0.1, 0.15) is 0 Å². The van der Waals surface area contributed by atoms with Gasteiger partial charge in [-0.2, -0.15) is 0 Å². The summed E-state index contributed by atoms with van der Waals surface area (Å²) >= 11 is 3.10. The van der Waals surface area contributed by atoms with Gasteiger partial charge in [-0.25, -0.2) is 0 Å². The first-order chi connectivity index (χ1) is 8.42. The number of alkyl halides is 3. The molecule has 0 aromatic heterocycles. The van der Waals surface area contributed by atoms with E-state index in [1.807, 2.05) is 0 Å². The Hall–Kier alpha value is -1.35. The van der Waals surface area contributed by atoms with Crippen LogP contribution in [0.1, 0.15) is 12.8 Å². The molecular formula is C12H11BrF3NO. The number of hydrogen-bond acceptors (Lipinski definition) is 2. The van der Waals surface area contributed by atoms with Crippen molar-refractivity contribution in [2.24, 2.45) is 0 Å². The number of benzene rings is 1. The number of hydrogen-bond donors (Lipinski definition) is 1. The summed E-state index contributed by atoms with van der Waals surface area (Å²) in [6, 6.07) is 4.41. The van der Waals surface area contributed by atoms with Crippen molar-refractivity contribution in [1.29, 1.82) is 0 Å². The van der Waals surface area contributed by atoms with E-state index in [1.54, 1.807) is 6.07 Å². The Labute approximate surface area is 112 Å². The quantitative estimate of drug-likeness (QED) is 0.649. The Balaban J connectivity index is 2.74. The zero-order valence-electron chi connectivity index (χ0n) is 9.35. The van der Waals surface area contributed by atoms with Gasteiger partial charge in [0.25, 0.3) is 0 Å². The van der Waals surface area contributed by atoms with Gasteiger partial charge < -0.3 is 10.1 Å². The topological polar surface area (TPSA) is 21.3 Å². The van der Waals surface area contributed by atoms with Crippen molar-refractivity contribution in [1.82, 2.24) is 0 Å². The first kappa shape index (κ1) is 14.7. The van der Waals surface area contributed by atoms with Crippen LogP contribution < -0.4 is 10.1 Å². The van der Waals surface area contributed by atoms with Crippen molar-refractivity contribution < 1.29 is 17.9 Å². The molecule has 6 heteroatoms. The molecular weight excluding hydrogens is 311 g/mol. The minimum atomic E-state index is -4.71. The van der Waals surface area contributed by atoms with Crippen LogP contribution in [0.15, 0.2) is 22.7 Å². The minimum Gasteiger partial charge on any atom is -0.404 e. The van der Waals surface area contributed by atoms with E-state index in [9.17, 15) is 13.2 Å². The molecule has 0 amide bonds. The van der Waals surface area contributed by atoms with Crippen LogP contribution in [0.25, 0.3) is 0 Å². The van der Waals surface area contributed by atoms with Gasteiger partial charge in [-0.3, -0.25) is 0 Å². The third-order valence-electron chi connectivity index (χ3n) is 1.98. The van der Waals surface area contributed by atoms with E-state index < -0.39 is 6.36 Å². The molecule has 0 fully saturated rings. The average Bonchev–Trinajstić information content (AvgIpc) is 2.24. The molecule has 18 heavy (non-hydrogen) atoms. The lowest BCUT2D eigenvalue weighted by Crippen LogP contribution is -2.18. The lowest BCUT2D eigenvalue weighted by molar-refractivity contribution is -0.274. The van der Waals surface area contributed by atoms with Crippen molar-refractivity contribution in [3.8, 4) is 18.1 Å². The van der Waals surface area contributed by atoms with Crippen LogP contribution in [0.2, 0.25) is 0 Å². The second-order valence-corrected chi connectivity index (χ2v) is 4.34. The van der Waals surface area contributed by atoms with E-state index in [4.69, 9.17) is 6.42 Å². The molecule has 0 aliphatic carbocycles. The van der Waals surface area contributed by atoms with Crippen LogP contribution in [-0.2, 0) is 0 Å². The van der Waals surface area contributed by atoms with E-state index in [2.05, 4.69) is 31.9 Å². The number of halogens is 4. The van der Waals surface area contributed by atoms with Crippen LogP contribution >= 0.6 is 15.9 Å². The number of nitrogens with one attached hydrogen (secondary N) is 1. The molecule has 0 unspecified atom stereocenters. The van der Waals surface area contributed by atoms with Gasteiger partial charge in [-0.1, -0.05) is 15.9 Å². The molecule has 98 valence electrons. The lowest BCUT2D eigenvalue weighted by Gasteiger charge is -2.14. The fourth-order valence-corrected chi connectivity index (χ4v) is 1.60. The van der Waals surface area contributed by atoms with E-state index in [1.165, 1.54) is 12.1 Å². The molecule has 0 aliphatic rings. The Morgan fingerprint density at radius 3 is 2.72 bits per heavy atom. The van der Waals surface area contributed by atoms with E-state index >= 15 is 0 Å². The number of terminal acetylenes is 1. The largest absolute Gasteiger partial charge is 0.573 e. The number of unbranched alkanes of at least 4 members (excludes halogenated alkanes) is 1. The standard InChI is InChI=1S/C12H11BrF3NO/c1-2-3-4-7-17-10-6-5-9(13)8-11(10)18-12(14,15)16/h1,5-6,8,17H,3-4,7H2. The van der Waals surface area contributed by atoms with Crippen LogP contribution in [0.5, 0.6) is 5.75 Å². The molecule has 0 saturated heterocycles. The maximum Gasteiger partial charge on any atom is 0.573 e. The third kappa shape index (κ3) is 5.32. The van der Waals surface area contributed by atoms with Gasteiger partial charge in [0, 0.05) is 17.4 Å². The summed E-state index contributed by atoms with van der Waals surface area (Å²) in [5, 5.41) is 2.86. The van der Waals surface area contributed by atoms with E-state index in [0.717, 1.165) is 0 Å². The highest BCUT2D eigenvalue weighted by molar-refractivity contribution is 9.10. The summed E-state index contributed by atoms with van der Waals surface area (Å²) in [5.41, 5.74) is 0.285. The highest BCUT2D eigenvalue weighted by atomic mass is 79.9. The zero-order valence-corrected chi connectivity index (χ0v) is 10.9. The molecule has 0 heterocycles. The average molecular weight is 322 g/mol. The summed E-state index contributed by atoms with van der Waals surface area (Å²) in [6.45, 7) is 0.486. The van der Waals surface area contributed by atoms with Gasteiger partial charge in [0.2, 0.25) is 0 Å². The molecule has 0 atom stereocenters. The Morgan fingerprint density at radius 1 is 1.39 bits per heavy atom. The zero-order chi connectivity index (χ0) is 13.6. The second-order valence-electron chi connectivity index (χ2n) is 3.42. The van der Waals surface area contributed by atoms with Crippen molar-refractivity contribution in [2.75, 3.05) is 11.9 Å². The fourth-order valence-electron chi connectivity index (χ4n) is 1.26. The fraction of sp³-hybridized carbons (Fsp3) is 0.333. The second kappa shape index (κ2) is 6.55. The maximum atomic E-state index is 12.2. The number of ether oxygens (including phenoxy) is 1. The smallest absolute Gasteiger partial charge is 0.404 e. The summed E-state index contributed by atoms with van der Waals surface area (Å²) < 4.78 is 41.1. The summed E-state index contributed by atoms with van der Waals surface area (Å²) in [6.07, 6.45) is 1.62. The van der Waals surface area contributed by atoms with Gasteiger partial charge in [0.15, 0.2) is 5.75 Å². The van der Waals surface area contributed by atoms with Gasteiger partial charge in [0.05, 0.1) is 5.69 Å². The molecule has 0 saturated carbocycles. The predicted octanol–water partition coefficient (Wildman–Crippen LogP) is 4.17. The predicted molar refractivity (Wildman–Crippen MR) is 67.4 cm³/mol. The number of rotatable bonds is 5. The molecule has 2 nitrogen and oxygen atoms in total. The first-order valence-electron chi connectivity index (χ1n) is 5.15.